The monoisotopic (exact) mass is 305 g/mol. The first kappa shape index (κ1) is 14.3. The lowest BCUT2D eigenvalue weighted by Gasteiger charge is -2.17. The number of fused-ring (bicyclic) bond motifs is 3. The maximum atomic E-state index is 12.8. The van der Waals surface area contributed by atoms with Crippen molar-refractivity contribution in [2.24, 2.45) is 11.7 Å². The van der Waals surface area contributed by atoms with Crippen LogP contribution < -0.4 is 11.3 Å². The topological polar surface area (TPSA) is 78.0 Å². The summed E-state index contributed by atoms with van der Waals surface area (Å²) in [5.74, 6) is 0.923. The lowest BCUT2D eigenvalue weighted by Crippen LogP contribution is -2.26. The highest BCUT2D eigenvalue weighted by Crippen LogP contribution is 2.35. The lowest BCUT2D eigenvalue weighted by molar-refractivity contribution is -0.118. The third-order valence-corrected chi connectivity index (χ3v) is 5.34. The maximum absolute atomic E-state index is 12.8. The molecule has 2 aromatic heterocycles. The minimum Gasteiger partial charge on any atom is -0.370 e. The highest BCUT2D eigenvalue weighted by atomic mass is 32.1. The molecule has 1 aliphatic rings. The summed E-state index contributed by atoms with van der Waals surface area (Å²) in [6.45, 7) is 4.37. The van der Waals surface area contributed by atoms with E-state index in [1.54, 1.807) is 15.9 Å². The molecule has 1 atom stereocenters. The molecule has 0 bridgehead atoms. The van der Waals surface area contributed by atoms with Crippen molar-refractivity contribution < 1.29 is 4.79 Å². The predicted octanol–water partition coefficient (Wildman–Crippen LogP) is 1.77. The smallest absolute Gasteiger partial charge is 0.262 e. The second kappa shape index (κ2) is 5.26. The van der Waals surface area contributed by atoms with Crippen molar-refractivity contribution in [1.29, 1.82) is 0 Å². The number of carbonyl (C=O) groups is 1. The van der Waals surface area contributed by atoms with Crippen LogP contribution in [0.15, 0.2) is 4.79 Å². The Morgan fingerprint density at radius 2 is 2.29 bits per heavy atom. The summed E-state index contributed by atoms with van der Waals surface area (Å²) in [4.78, 5) is 30.4. The Balaban J connectivity index is 2.15. The van der Waals surface area contributed by atoms with Gasteiger partial charge in [-0.2, -0.15) is 0 Å². The first-order valence-electron chi connectivity index (χ1n) is 7.27. The molecule has 1 unspecified atom stereocenters. The predicted molar refractivity (Wildman–Crippen MR) is 83.6 cm³/mol. The number of aromatic nitrogens is 2. The molecule has 1 aliphatic carbocycles. The van der Waals surface area contributed by atoms with E-state index in [2.05, 4.69) is 11.9 Å². The molecule has 5 nitrogen and oxygen atoms in total. The summed E-state index contributed by atoms with van der Waals surface area (Å²) >= 11 is 1.65. The molecule has 0 radical (unpaired) electrons. The second-order valence-corrected chi connectivity index (χ2v) is 6.95. The molecule has 0 saturated heterocycles. The Bertz CT molecular complexity index is 775. The van der Waals surface area contributed by atoms with Gasteiger partial charge in [0.1, 0.15) is 10.7 Å². The summed E-state index contributed by atoms with van der Waals surface area (Å²) in [5, 5.41) is 0.761. The molecule has 0 aromatic carbocycles. The summed E-state index contributed by atoms with van der Waals surface area (Å²) in [7, 11) is 0. The fourth-order valence-electron chi connectivity index (χ4n) is 3.01. The number of nitrogens with zero attached hydrogens (tertiary/aromatic N) is 2. The molecule has 0 aliphatic heterocycles. The van der Waals surface area contributed by atoms with Gasteiger partial charge in [-0.1, -0.05) is 6.92 Å². The van der Waals surface area contributed by atoms with Crippen molar-refractivity contribution in [2.45, 2.75) is 46.1 Å². The fraction of sp³-hybridized carbons (Fsp3) is 0.533. The zero-order chi connectivity index (χ0) is 15.1. The van der Waals surface area contributed by atoms with Crippen LogP contribution in [0.4, 0.5) is 0 Å². The SMILES string of the molecule is Cc1nc2sc3c(c2c(=O)n1CCC(N)=O)CCC(C)C3. The van der Waals surface area contributed by atoms with Crippen LogP contribution in [0.5, 0.6) is 0 Å². The Morgan fingerprint density at radius 1 is 1.52 bits per heavy atom. The van der Waals surface area contributed by atoms with Gasteiger partial charge >= 0.3 is 0 Å². The quantitative estimate of drug-likeness (QED) is 0.938. The zero-order valence-corrected chi connectivity index (χ0v) is 13.1. The van der Waals surface area contributed by atoms with E-state index >= 15 is 0 Å². The average molecular weight is 305 g/mol. The zero-order valence-electron chi connectivity index (χ0n) is 12.3. The van der Waals surface area contributed by atoms with Crippen LogP contribution in [0.1, 0.15) is 36.0 Å². The average Bonchev–Trinajstić information content (AvgIpc) is 2.74. The molecule has 1 amide bonds. The number of rotatable bonds is 3. The number of hydrogen-bond acceptors (Lipinski definition) is 4. The molecular weight excluding hydrogens is 286 g/mol. The van der Waals surface area contributed by atoms with Crippen molar-refractivity contribution in [3.63, 3.8) is 0 Å². The van der Waals surface area contributed by atoms with E-state index in [-0.39, 0.29) is 12.0 Å². The van der Waals surface area contributed by atoms with E-state index in [0.717, 1.165) is 29.5 Å². The van der Waals surface area contributed by atoms with Gasteiger partial charge in [0.15, 0.2) is 0 Å². The van der Waals surface area contributed by atoms with Gasteiger partial charge < -0.3 is 5.73 Å². The van der Waals surface area contributed by atoms with Crippen molar-refractivity contribution in [3.05, 3.63) is 26.6 Å². The molecule has 3 rings (SSSR count). The number of hydrogen-bond donors (Lipinski definition) is 1. The van der Waals surface area contributed by atoms with Gasteiger partial charge in [-0.05, 0) is 37.7 Å². The maximum Gasteiger partial charge on any atom is 0.262 e. The van der Waals surface area contributed by atoms with Crippen LogP contribution in [0.25, 0.3) is 10.2 Å². The molecule has 0 saturated carbocycles. The van der Waals surface area contributed by atoms with Gasteiger partial charge in [-0.15, -0.1) is 11.3 Å². The van der Waals surface area contributed by atoms with Crippen molar-refractivity contribution in [1.82, 2.24) is 9.55 Å². The minimum atomic E-state index is -0.400. The number of amides is 1. The molecule has 0 spiro atoms. The van der Waals surface area contributed by atoms with Gasteiger partial charge in [-0.3, -0.25) is 14.2 Å². The number of thiophene rings is 1. The summed E-state index contributed by atoms with van der Waals surface area (Å²) in [6, 6.07) is 0. The molecule has 6 heteroatoms. The van der Waals surface area contributed by atoms with Gasteiger partial charge in [0.05, 0.1) is 5.39 Å². The van der Waals surface area contributed by atoms with Crippen molar-refractivity contribution in [3.8, 4) is 0 Å². The van der Waals surface area contributed by atoms with E-state index in [4.69, 9.17) is 5.73 Å². The van der Waals surface area contributed by atoms with Crippen molar-refractivity contribution >= 4 is 27.5 Å². The Kier molecular flexibility index (Phi) is 3.57. The number of aryl methyl sites for hydroxylation is 2. The van der Waals surface area contributed by atoms with E-state index < -0.39 is 5.91 Å². The van der Waals surface area contributed by atoms with Gasteiger partial charge in [-0.25, -0.2) is 4.98 Å². The van der Waals surface area contributed by atoms with E-state index in [0.29, 0.717) is 18.3 Å². The number of nitrogens with two attached hydrogens (primary N) is 1. The Morgan fingerprint density at radius 3 is 3.00 bits per heavy atom. The third-order valence-electron chi connectivity index (χ3n) is 4.19. The molecule has 112 valence electrons. The first-order valence-corrected chi connectivity index (χ1v) is 8.09. The number of primary amides is 1. The van der Waals surface area contributed by atoms with Crippen LogP contribution in [0, 0.1) is 12.8 Å². The second-order valence-electron chi connectivity index (χ2n) is 5.86. The van der Waals surface area contributed by atoms with Gasteiger partial charge in [0.25, 0.3) is 5.56 Å². The molecular formula is C15H19N3O2S. The van der Waals surface area contributed by atoms with Crippen LogP contribution in [-0.4, -0.2) is 15.5 Å². The van der Waals surface area contributed by atoms with E-state index in [9.17, 15) is 9.59 Å². The van der Waals surface area contributed by atoms with Crippen LogP contribution in [0.2, 0.25) is 0 Å². The third kappa shape index (κ3) is 2.48. The van der Waals surface area contributed by atoms with Crippen LogP contribution in [0.3, 0.4) is 0 Å². The lowest BCUT2D eigenvalue weighted by atomic mass is 9.89. The highest BCUT2D eigenvalue weighted by Gasteiger charge is 2.23. The first-order chi connectivity index (χ1) is 9.97. The Labute approximate surface area is 126 Å². The number of carbonyl (C=O) groups excluding carboxylic acids is 1. The Hall–Kier alpha value is -1.69. The van der Waals surface area contributed by atoms with E-state index in [1.165, 1.54) is 10.4 Å². The summed E-state index contributed by atoms with van der Waals surface area (Å²) in [5.41, 5.74) is 6.34. The molecule has 2 N–H and O–H groups in total. The molecule has 21 heavy (non-hydrogen) atoms. The summed E-state index contributed by atoms with van der Waals surface area (Å²) in [6.07, 6.45) is 3.27. The summed E-state index contributed by atoms with van der Waals surface area (Å²) < 4.78 is 1.58. The van der Waals surface area contributed by atoms with Crippen LogP contribution >= 0.6 is 11.3 Å². The van der Waals surface area contributed by atoms with E-state index in [1.807, 2.05) is 6.92 Å². The normalized spacial score (nSPS) is 17.9. The standard InChI is InChI=1S/C15H19N3O2S/c1-8-3-4-10-11(7-8)21-14-13(10)15(20)18(9(2)17-14)6-5-12(16)19/h8H,3-7H2,1-2H3,(H2,16,19). The highest BCUT2D eigenvalue weighted by molar-refractivity contribution is 7.18. The van der Waals surface area contributed by atoms with Crippen molar-refractivity contribution in [2.75, 3.05) is 0 Å². The molecule has 0 fully saturated rings. The molecule has 2 aromatic rings. The van der Waals surface area contributed by atoms with Gasteiger partial charge in [0, 0.05) is 17.8 Å². The molecule has 2 heterocycles. The largest absolute Gasteiger partial charge is 0.370 e. The fourth-order valence-corrected chi connectivity index (χ4v) is 4.43. The van der Waals surface area contributed by atoms with Gasteiger partial charge in [0.2, 0.25) is 5.91 Å². The minimum absolute atomic E-state index is 0.0224. The van der Waals surface area contributed by atoms with Crippen LogP contribution in [-0.2, 0) is 24.2 Å².